The van der Waals surface area contributed by atoms with Gasteiger partial charge in [-0.1, -0.05) is 0 Å². The number of halogens is 3. The zero-order valence-electron chi connectivity index (χ0n) is 7.99. The van der Waals surface area contributed by atoms with Gasteiger partial charge < -0.3 is 10.8 Å². The van der Waals surface area contributed by atoms with Gasteiger partial charge >= 0.3 is 6.18 Å². The summed E-state index contributed by atoms with van der Waals surface area (Å²) < 4.78 is 36.9. The van der Waals surface area contributed by atoms with E-state index in [-0.39, 0.29) is 5.56 Å². The summed E-state index contributed by atoms with van der Waals surface area (Å²) in [6.07, 6.45) is -3.43. The summed E-state index contributed by atoms with van der Waals surface area (Å²) in [5.41, 5.74) is 4.79. The highest BCUT2D eigenvalue weighted by atomic mass is 19.4. The van der Waals surface area contributed by atoms with Crippen molar-refractivity contribution in [1.82, 2.24) is 4.98 Å². The van der Waals surface area contributed by atoms with E-state index in [0.29, 0.717) is 0 Å². The lowest BCUT2D eigenvalue weighted by atomic mass is 10.0. The average Bonchev–Trinajstić information content (AvgIpc) is 2.15. The fraction of sp³-hybridized carbons (Fsp3) is 0.444. The molecule has 0 fully saturated rings. The van der Waals surface area contributed by atoms with Crippen LogP contribution in [0.15, 0.2) is 18.5 Å². The topological polar surface area (TPSA) is 59.1 Å². The van der Waals surface area contributed by atoms with Gasteiger partial charge in [-0.15, -0.1) is 0 Å². The highest BCUT2D eigenvalue weighted by Crippen LogP contribution is 2.30. The van der Waals surface area contributed by atoms with Gasteiger partial charge in [-0.25, -0.2) is 0 Å². The van der Waals surface area contributed by atoms with Gasteiger partial charge in [0.05, 0.1) is 17.7 Å². The molecule has 0 aliphatic rings. The molecule has 0 aliphatic carbocycles. The van der Waals surface area contributed by atoms with Gasteiger partial charge in [0.25, 0.3) is 0 Å². The van der Waals surface area contributed by atoms with E-state index in [1.54, 1.807) is 0 Å². The predicted molar refractivity (Wildman–Crippen MR) is 47.8 cm³/mol. The van der Waals surface area contributed by atoms with Crippen molar-refractivity contribution >= 4 is 0 Å². The molecule has 1 unspecified atom stereocenters. The fourth-order valence-corrected chi connectivity index (χ4v) is 1.07. The summed E-state index contributed by atoms with van der Waals surface area (Å²) in [4.78, 5) is 3.44. The number of rotatable bonds is 2. The standard InChI is InChI=1S/C9H11F3N2O/c1-5(15)8(13)6-2-7(4-14-3-6)9(10,11)12/h2-5,8,15H,13H2,1H3/t5?,8-/m1/s1. The Bertz CT molecular complexity index is 338. The minimum atomic E-state index is -4.44. The summed E-state index contributed by atoms with van der Waals surface area (Å²) in [5, 5.41) is 9.13. The first-order chi connectivity index (χ1) is 6.82. The molecule has 6 heteroatoms. The molecule has 1 heterocycles. The van der Waals surface area contributed by atoms with Gasteiger partial charge in [-0.3, -0.25) is 4.98 Å². The number of aliphatic hydroxyl groups excluding tert-OH is 1. The van der Waals surface area contributed by atoms with Gasteiger partial charge in [0.2, 0.25) is 0 Å². The average molecular weight is 220 g/mol. The molecule has 3 nitrogen and oxygen atoms in total. The third kappa shape index (κ3) is 2.90. The summed E-state index contributed by atoms with van der Waals surface area (Å²) in [5.74, 6) is 0. The molecule has 84 valence electrons. The smallest absolute Gasteiger partial charge is 0.391 e. The van der Waals surface area contributed by atoms with Crippen LogP contribution in [0.3, 0.4) is 0 Å². The first kappa shape index (κ1) is 11.9. The molecule has 0 spiro atoms. The minimum Gasteiger partial charge on any atom is -0.391 e. The number of aromatic nitrogens is 1. The number of alkyl halides is 3. The second-order valence-electron chi connectivity index (χ2n) is 3.27. The lowest BCUT2D eigenvalue weighted by molar-refractivity contribution is -0.137. The molecular weight excluding hydrogens is 209 g/mol. The van der Waals surface area contributed by atoms with Crippen molar-refractivity contribution in [2.45, 2.75) is 25.2 Å². The van der Waals surface area contributed by atoms with E-state index in [4.69, 9.17) is 10.8 Å². The SMILES string of the molecule is CC(O)[C@@H](N)c1cncc(C(F)(F)F)c1. The Morgan fingerprint density at radius 3 is 2.47 bits per heavy atom. The molecule has 2 atom stereocenters. The number of nitrogens with zero attached hydrogens (tertiary/aromatic N) is 1. The second-order valence-corrected chi connectivity index (χ2v) is 3.27. The predicted octanol–water partition coefficient (Wildman–Crippen LogP) is 1.48. The maximum Gasteiger partial charge on any atom is 0.417 e. The number of pyridine rings is 1. The third-order valence-corrected chi connectivity index (χ3v) is 1.99. The zero-order valence-corrected chi connectivity index (χ0v) is 7.99. The molecule has 0 radical (unpaired) electrons. The Labute approximate surface area is 84.7 Å². The Balaban J connectivity index is 3.03. The van der Waals surface area contributed by atoms with E-state index >= 15 is 0 Å². The highest BCUT2D eigenvalue weighted by Gasteiger charge is 2.31. The molecule has 0 saturated carbocycles. The van der Waals surface area contributed by atoms with Crippen LogP contribution in [0, 0.1) is 0 Å². The molecule has 15 heavy (non-hydrogen) atoms. The summed E-state index contributed by atoms with van der Waals surface area (Å²) in [6, 6.07) is 0.0319. The van der Waals surface area contributed by atoms with Crippen molar-refractivity contribution in [3.63, 3.8) is 0 Å². The summed E-state index contributed by atoms with van der Waals surface area (Å²) in [6.45, 7) is 1.41. The first-order valence-corrected chi connectivity index (χ1v) is 4.28. The Morgan fingerprint density at radius 2 is 2.00 bits per heavy atom. The molecule has 0 aromatic carbocycles. The first-order valence-electron chi connectivity index (χ1n) is 4.28. The van der Waals surface area contributed by atoms with Gasteiger partial charge in [-0.2, -0.15) is 13.2 Å². The molecule has 0 bridgehead atoms. The van der Waals surface area contributed by atoms with Crippen molar-refractivity contribution in [1.29, 1.82) is 0 Å². The molecular formula is C9H11F3N2O. The maximum absolute atomic E-state index is 12.3. The van der Waals surface area contributed by atoms with Crippen molar-refractivity contribution in [2.24, 2.45) is 5.73 Å². The Kier molecular flexibility index (Phi) is 3.31. The van der Waals surface area contributed by atoms with Crippen LogP contribution in [0.5, 0.6) is 0 Å². The van der Waals surface area contributed by atoms with Crippen LogP contribution < -0.4 is 5.73 Å². The zero-order chi connectivity index (χ0) is 11.6. The number of nitrogens with two attached hydrogens (primary N) is 1. The normalized spacial score (nSPS) is 16.1. The van der Waals surface area contributed by atoms with Crippen LogP contribution in [0.4, 0.5) is 13.2 Å². The minimum absolute atomic E-state index is 0.167. The Morgan fingerprint density at radius 1 is 1.40 bits per heavy atom. The molecule has 1 rings (SSSR count). The van der Waals surface area contributed by atoms with Crippen LogP contribution in [0.25, 0.3) is 0 Å². The number of hydrogen-bond donors (Lipinski definition) is 2. The highest BCUT2D eigenvalue weighted by molar-refractivity contribution is 5.23. The molecule has 3 N–H and O–H groups in total. The maximum atomic E-state index is 12.3. The van der Waals surface area contributed by atoms with Gasteiger partial charge in [0.1, 0.15) is 0 Å². The van der Waals surface area contributed by atoms with Gasteiger partial charge in [-0.05, 0) is 18.6 Å². The summed E-state index contributed by atoms with van der Waals surface area (Å²) >= 11 is 0. The quantitative estimate of drug-likeness (QED) is 0.793. The molecule has 0 aliphatic heterocycles. The molecule has 0 saturated heterocycles. The summed E-state index contributed by atoms with van der Waals surface area (Å²) in [7, 11) is 0. The van der Waals surface area contributed by atoms with Crippen LogP contribution in [0.1, 0.15) is 24.1 Å². The third-order valence-electron chi connectivity index (χ3n) is 1.99. The molecule has 0 amide bonds. The van der Waals surface area contributed by atoms with Crippen molar-refractivity contribution in [3.05, 3.63) is 29.6 Å². The van der Waals surface area contributed by atoms with Crippen LogP contribution >= 0.6 is 0 Å². The lowest BCUT2D eigenvalue weighted by Crippen LogP contribution is -2.23. The molecule has 1 aromatic heterocycles. The van der Waals surface area contributed by atoms with E-state index in [9.17, 15) is 13.2 Å². The van der Waals surface area contributed by atoms with E-state index < -0.39 is 23.9 Å². The van der Waals surface area contributed by atoms with Crippen LogP contribution in [0.2, 0.25) is 0 Å². The number of hydrogen-bond acceptors (Lipinski definition) is 3. The van der Waals surface area contributed by atoms with E-state index in [1.807, 2.05) is 0 Å². The Hall–Kier alpha value is -1.14. The number of aliphatic hydroxyl groups is 1. The van der Waals surface area contributed by atoms with Crippen molar-refractivity contribution < 1.29 is 18.3 Å². The second kappa shape index (κ2) is 4.16. The van der Waals surface area contributed by atoms with Crippen LogP contribution in [-0.2, 0) is 6.18 Å². The fourth-order valence-electron chi connectivity index (χ4n) is 1.07. The van der Waals surface area contributed by atoms with Crippen molar-refractivity contribution in [3.8, 4) is 0 Å². The van der Waals surface area contributed by atoms with Gasteiger partial charge in [0, 0.05) is 12.4 Å². The largest absolute Gasteiger partial charge is 0.417 e. The lowest BCUT2D eigenvalue weighted by Gasteiger charge is -2.16. The van der Waals surface area contributed by atoms with E-state index in [0.717, 1.165) is 12.3 Å². The van der Waals surface area contributed by atoms with Gasteiger partial charge in [0.15, 0.2) is 0 Å². The monoisotopic (exact) mass is 220 g/mol. The van der Waals surface area contributed by atoms with Crippen LogP contribution in [-0.4, -0.2) is 16.2 Å². The van der Waals surface area contributed by atoms with Crippen molar-refractivity contribution in [2.75, 3.05) is 0 Å². The van der Waals surface area contributed by atoms with E-state index in [2.05, 4.69) is 4.98 Å². The molecule has 1 aromatic rings. The van der Waals surface area contributed by atoms with E-state index in [1.165, 1.54) is 13.1 Å².